The molecule has 0 unspecified atom stereocenters. The van der Waals surface area contributed by atoms with E-state index in [2.05, 4.69) is 0 Å². The SMILES string of the molecule is CC(=O)O[C@@H]1C[C@H](O)[C@@]23CO[C@H](O)[C@]1(C)[C@@H]2C[C@H]1O[C@@]24[C@H](O)C[C@@H](c5ccoc5)[C@]2(C)[C@@H](O)C(=O)[C@H]3[C@@]14C. The minimum absolute atomic E-state index is 0.0267. The van der Waals surface area contributed by atoms with Crippen molar-refractivity contribution in [3.63, 3.8) is 0 Å². The molecule has 4 saturated carbocycles. The molecule has 2 aliphatic heterocycles. The van der Waals surface area contributed by atoms with Crippen molar-refractivity contribution in [1.82, 2.24) is 0 Å². The quantitative estimate of drug-likeness (QED) is 0.404. The van der Waals surface area contributed by atoms with Gasteiger partial charge in [-0.05, 0) is 30.4 Å². The molecule has 6 aliphatic rings. The van der Waals surface area contributed by atoms with Crippen molar-refractivity contribution < 1.29 is 48.6 Å². The molecule has 4 N–H and O–H groups in total. The van der Waals surface area contributed by atoms with Gasteiger partial charge in [0.15, 0.2) is 12.1 Å². The number of hydrogen-bond acceptors (Lipinski definition) is 10. The molecule has 2 bridgehead atoms. The molecule has 6 fully saturated rings. The summed E-state index contributed by atoms with van der Waals surface area (Å²) in [7, 11) is 0. The van der Waals surface area contributed by atoms with Gasteiger partial charge >= 0.3 is 5.97 Å². The zero-order chi connectivity index (χ0) is 27.2. The molecule has 38 heavy (non-hydrogen) atoms. The maximum Gasteiger partial charge on any atom is 0.302 e. The Morgan fingerprint density at radius 1 is 1.05 bits per heavy atom. The van der Waals surface area contributed by atoms with E-state index in [-0.39, 0.29) is 25.4 Å². The molecule has 10 heteroatoms. The van der Waals surface area contributed by atoms with Crippen molar-refractivity contribution in [3.8, 4) is 0 Å². The molecular weight excluding hydrogens is 496 g/mol. The summed E-state index contributed by atoms with van der Waals surface area (Å²) in [5.74, 6) is -2.74. The van der Waals surface area contributed by atoms with Crippen LogP contribution in [-0.4, -0.2) is 81.2 Å². The predicted molar refractivity (Wildman–Crippen MR) is 127 cm³/mol. The van der Waals surface area contributed by atoms with Crippen LogP contribution in [-0.2, 0) is 23.8 Å². The predicted octanol–water partition coefficient (Wildman–Crippen LogP) is 0.895. The lowest BCUT2D eigenvalue weighted by atomic mass is 9.30. The summed E-state index contributed by atoms with van der Waals surface area (Å²) >= 11 is 0. The van der Waals surface area contributed by atoms with Gasteiger partial charge in [-0.25, -0.2) is 0 Å². The van der Waals surface area contributed by atoms with Gasteiger partial charge in [0.1, 0.15) is 17.8 Å². The third-order valence-electron chi connectivity index (χ3n) is 12.4. The molecular formula is C28H36O10. The second-order valence-corrected chi connectivity index (χ2v) is 13.3. The molecule has 2 saturated heterocycles. The third kappa shape index (κ3) is 2.29. The minimum Gasteiger partial charge on any atom is -0.472 e. The van der Waals surface area contributed by atoms with E-state index in [1.165, 1.54) is 13.2 Å². The molecule has 0 aromatic carbocycles. The van der Waals surface area contributed by atoms with E-state index in [1.54, 1.807) is 19.3 Å². The van der Waals surface area contributed by atoms with Crippen molar-refractivity contribution in [3.05, 3.63) is 24.2 Å². The molecule has 10 nitrogen and oxygen atoms in total. The van der Waals surface area contributed by atoms with Gasteiger partial charge in [-0.1, -0.05) is 20.8 Å². The Balaban J connectivity index is 1.41. The van der Waals surface area contributed by atoms with E-state index < -0.39 is 87.7 Å². The van der Waals surface area contributed by atoms with Gasteiger partial charge < -0.3 is 39.1 Å². The van der Waals surface area contributed by atoms with Crippen molar-refractivity contribution in [2.45, 2.75) is 95.3 Å². The van der Waals surface area contributed by atoms with Crippen LogP contribution in [0.2, 0.25) is 0 Å². The van der Waals surface area contributed by atoms with E-state index in [9.17, 15) is 30.0 Å². The van der Waals surface area contributed by atoms with Crippen LogP contribution in [0.15, 0.2) is 23.0 Å². The smallest absolute Gasteiger partial charge is 0.302 e. The summed E-state index contributed by atoms with van der Waals surface area (Å²) in [5, 5.41) is 46.5. The topological polar surface area (TPSA) is 156 Å². The van der Waals surface area contributed by atoms with Gasteiger partial charge in [0.2, 0.25) is 0 Å². The van der Waals surface area contributed by atoms with Crippen LogP contribution in [0.5, 0.6) is 0 Å². The molecule has 3 heterocycles. The first-order valence-electron chi connectivity index (χ1n) is 13.6. The molecule has 1 aromatic rings. The lowest BCUT2D eigenvalue weighted by molar-refractivity contribution is -0.459. The third-order valence-corrected chi connectivity index (χ3v) is 12.4. The van der Waals surface area contributed by atoms with Crippen molar-refractivity contribution in [2.24, 2.45) is 33.5 Å². The van der Waals surface area contributed by atoms with E-state index in [0.717, 1.165) is 5.56 Å². The maximum atomic E-state index is 14.5. The van der Waals surface area contributed by atoms with E-state index in [0.29, 0.717) is 6.42 Å². The number of hydrogen-bond donors (Lipinski definition) is 4. The molecule has 7 rings (SSSR count). The zero-order valence-corrected chi connectivity index (χ0v) is 22.0. The first kappa shape index (κ1) is 25.2. The van der Waals surface area contributed by atoms with Gasteiger partial charge in [-0.15, -0.1) is 0 Å². The van der Waals surface area contributed by atoms with E-state index in [4.69, 9.17) is 18.6 Å². The lowest BCUT2D eigenvalue weighted by Gasteiger charge is -2.81. The van der Waals surface area contributed by atoms with E-state index >= 15 is 0 Å². The molecule has 0 radical (unpaired) electrons. The van der Waals surface area contributed by atoms with Crippen LogP contribution in [0.4, 0.5) is 0 Å². The average Bonchev–Trinajstić information content (AvgIpc) is 3.46. The highest BCUT2D eigenvalue weighted by Gasteiger charge is 2.91. The fourth-order valence-corrected chi connectivity index (χ4v) is 10.8. The molecule has 1 aromatic heterocycles. The van der Waals surface area contributed by atoms with Crippen LogP contribution >= 0.6 is 0 Å². The molecule has 1 spiro atoms. The maximum absolute atomic E-state index is 14.5. The zero-order valence-electron chi connectivity index (χ0n) is 22.0. The number of esters is 1. The molecule has 14 atom stereocenters. The van der Waals surface area contributed by atoms with Gasteiger partial charge in [-0.3, -0.25) is 9.59 Å². The number of carbonyl (C=O) groups excluding carboxylic acids is 2. The fourth-order valence-electron chi connectivity index (χ4n) is 10.8. The second-order valence-electron chi connectivity index (χ2n) is 13.3. The summed E-state index contributed by atoms with van der Waals surface area (Å²) < 4.78 is 23.6. The van der Waals surface area contributed by atoms with Gasteiger partial charge in [0, 0.05) is 41.4 Å². The monoisotopic (exact) mass is 532 g/mol. The highest BCUT2D eigenvalue weighted by atomic mass is 16.6. The van der Waals surface area contributed by atoms with Crippen molar-refractivity contribution >= 4 is 11.8 Å². The van der Waals surface area contributed by atoms with Crippen molar-refractivity contribution in [2.75, 3.05) is 6.61 Å². The molecule has 0 amide bonds. The first-order chi connectivity index (χ1) is 17.8. The summed E-state index contributed by atoms with van der Waals surface area (Å²) in [5.41, 5.74) is -4.81. The highest BCUT2D eigenvalue weighted by molar-refractivity contribution is 5.91. The largest absolute Gasteiger partial charge is 0.472 e. The van der Waals surface area contributed by atoms with Crippen LogP contribution in [0.1, 0.15) is 58.4 Å². The van der Waals surface area contributed by atoms with E-state index in [1.807, 2.05) is 13.8 Å². The Labute approximate surface area is 220 Å². The summed E-state index contributed by atoms with van der Waals surface area (Å²) in [4.78, 5) is 26.5. The normalized spacial score (nSPS) is 58.3. The summed E-state index contributed by atoms with van der Waals surface area (Å²) in [6, 6.07) is 1.79. The number of aliphatic hydroxyl groups is 4. The fraction of sp³-hybridized carbons (Fsp3) is 0.786. The number of rotatable bonds is 2. The number of aliphatic hydroxyl groups excluding tert-OH is 4. The Morgan fingerprint density at radius 2 is 1.79 bits per heavy atom. The van der Waals surface area contributed by atoms with Gasteiger partial charge in [-0.2, -0.15) is 0 Å². The van der Waals surface area contributed by atoms with Gasteiger partial charge in [0.25, 0.3) is 0 Å². The van der Waals surface area contributed by atoms with Crippen LogP contribution in [0, 0.1) is 33.5 Å². The Hall–Kier alpha value is -1.82. The number of furan rings is 1. The number of ketones is 1. The van der Waals surface area contributed by atoms with Crippen LogP contribution in [0.25, 0.3) is 0 Å². The Morgan fingerprint density at radius 3 is 2.45 bits per heavy atom. The Bertz CT molecular complexity index is 1200. The van der Waals surface area contributed by atoms with Gasteiger partial charge in [0.05, 0.1) is 42.9 Å². The lowest BCUT2D eigenvalue weighted by Crippen LogP contribution is -2.91. The number of ether oxygens (including phenoxy) is 3. The first-order valence-corrected chi connectivity index (χ1v) is 13.6. The van der Waals surface area contributed by atoms with Crippen molar-refractivity contribution in [1.29, 1.82) is 0 Å². The standard InChI is InChI=1S/C28H36O10/c1-12(29)37-18-9-16(30)27-11-36-23(34)24(18,2)15(27)8-19-26(4)21(27)20(32)22(33)25(3)14(13-5-6-35-10-13)7-17(31)28(25,26)38-19/h5-6,10,14-19,21-23,30-31,33-34H,7-9,11H2,1-4H3/t14-,15-,16-,17+,18+,19+,21-,22-,23-,24+,25+,26+,27+,28-/m0/s1. The minimum atomic E-state index is -1.48. The summed E-state index contributed by atoms with van der Waals surface area (Å²) in [6.07, 6.45) is -2.35. The van der Waals surface area contributed by atoms with Crippen LogP contribution < -0.4 is 0 Å². The molecule has 208 valence electrons. The number of carbonyl (C=O) groups is 2. The average molecular weight is 533 g/mol. The highest BCUT2D eigenvalue weighted by Crippen LogP contribution is 2.82. The number of Topliss-reactive ketones (excluding diaryl/α,β-unsaturated/α-hetero) is 1. The molecule has 4 aliphatic carbocycles. The Kier molecular flexibility index (Phi) is 4.82. The summed E-state index contributed by atoms with van der Waals surface area (Å²) in [6.45, 7) is 6.74. The van der Waals surface area contributed by atoms with Crippen LogP contribution in [0.3, 0.4) is 0 Å². The second kappa shape index (κ2) is 7.27.